The van der Waals surface area contributed by atoms with Gasteiger partial charge in [-0.05, 0) is 40.2 Å². The summed E-state index contributed by atoms with van der Waals surface area (Å²) >= 11 is 15.7. The van der Waals surface area contributed by atoms with Crippen LogP contribution in [0.25, 0.3) is 0 Å². The molecule has 126 valence electrons. The third kappa shape index (κ3) is 3.66. The summed E-state index contributed by atoms with van der Waals surface area (Å²) in [4.78, 5) is 25.8. The molecule has 0 saturated heterocycles. The van der Waals surface area contributed by atoms with Gasteiger partial charge in [-0.3, -0.25) is 0 Å². The van der Waals surface area contributed by atoms with E-state index in [4.69, 9.17) is 32.7 Å². The summed E-state index contributed by atoms with van der Waals surface area (Å²) in [5.41, 5.74) is 0.408. The summed E-state index contributed by atoms with van der Waals surface area (Å²) in [5.74, 6) is -1.40. The van der Waals surface area contributed by atoms with Gasteiger partial charge >= 0.3 is 11.9 Å². The lowest BCUT2D eigenvalue weighted by molar-refractivity contribution is -0.139. The number of rotatable bonds is 3. The van der Waals surface area contributed by atoms with Gasteiger partial charge in [0.2, 0.25) is 0 Å². The molecule has 0 aromatic heterocycles. The largest absolute Gasteiger partial charge is 0.465 e. The molecule has 1 aromatic rings. The Morgan fingerprint density at radius 3 is 2.33 bits per heavy atom. The summed E-state index contributed by atoms with van der Waals surface area (Å²) in [6.07, 6.45) is 6.28. The molecule has 24 heavy (non-hydrogen) atoms. The lowest BCUT2D eigenvalue weighted by Crippen LogP contribution is -2.27. The summed E-state index contributed by atoms with van der Waals surface area (Å²) < 4.78 is 10.2. The van der Waals surface area contributed by atoms with E-state index in [1.807, 2.05) is 0 Å². The van der Waals surface area contributed by atoms with Crippen LogP contribution in [0.1, 0.15) is 0 Å². The maximum atomic E-state index is 12.3. The second-order valence-electron chi connectivity index (χ2n) is 4.53. The Kier molecular flexibility index (Phi) is 6.10. The van der Waals surface area contributed by atoms with Gasteiger partial charge in [0.05, 0.1) is 35.5 Å². The van der Waals surface area contributed by atoms with E-state index in [-0.39, 0.29) is 11.3 Å². The van der Waals surface area contributed by atoms with E-state index in [1.54, 1.807) is 30.5 Å². The van der Waals surface area contributed by atoms with Crippen molar-refractivity contribution >= 4 is 56.8 Å². The molecular formula is C16H12BrCl2NO4. The van der Waals surface area contributed by atoms with Gasteiger partial charge in [0, 0.05) is 10.7 Å². The zero-order valence-corrected chi connectivity index (χ0v) is 15.8. The number of hydrogen-bond donors (Lipinski definition) is 0. The number of methoxy groups -OCH3 is 2. The lowest BCUT2D eigenvalue weighted by atomic mass is 10.1. The van der Waals surface area contributed by atoms with Crippen LogP contribution in [0, 0.1) is 0 Å². The van der Waals surface area contributed by atoms with Gasteiger partial charge in [0.15, 0.2) is 0 Å². The number of benzene rings is 1. The van der Waals surface area contributed by atoms with Crippen molar-refractivity contribution in [3.05, 3.63) is 62.3 Å². The third-order valence-electron chi connectivity index (χ3n) is 3.14. The van der Waals surface area contributed by atoms with Crippen LogP contribution in [0.3, 0.4) is 0 Å². The predicted octanol–water partition coefficient (Wildman–Crippen LogP) is 4.25. The Bertz CT molecular complexity index is 787. The van der Waals surface area contributed by atoms with Crippen molar-refractivity contribution in [3.8, 4) is 0 Å². The molecule has 0 atom stereocenters. The second kappa shape index (κ2) is 7.88. The van der Waals surface area contributed by atoms with Crippen molar-refractivity contribution in [1.82, 2.24) is 0 Å². The van der Waals surface area contributed by atoms with Gasteiger partial charge < -0.3 is 14.4 Å². The van der Waals surface area contributed by atoms with E-state index in [0.29, 0.717) is 20.2 Å². The zero-order chi connectivity index (χ0) is 17.9. The molecule has 8 heteroatoms. The Morgan fingerprint density at radius 1 is 1.04 bits per heavy atom. The highest BCUT2D eigenvalue weighted by Gasteiger charge is 2.28. The number of ether oxygens (including phenoxy) is 2. The minimum Gasteiger partial charge on any atom is -0.465 e. The lowest BCUT2D eigenvalue weighted by Gasteiger charge is -2.24. The Labute approximate surface area is 157 Å². The van der Waals surface area contributed by atoms with E-state index in [9.17, 15) is 9.59 Å². The molecule has 1 aliphatic rings. The molecule has 0 amide bonds. The SMILES string of the molecule is COC(=O)C1=C(C(=O)OC)N(c2cc(Cl)c(Br)cc2Cl)C=CC=C1. The van der Waals surface area contributed by atoms with Crippen molar-refractivity contribution in [2.75, 3.05) is 19.1 Å². The van der Waals surface area contributed by atoms with Gasteiger partial charge in [-0.15, -0.1) is 0 Å². The molecule has 0 saturated carbocycles. The molecule has 0 spiro atoms. The number of nitrogens with zero attached hydrogens (tertiary/aromatic N) is 1. The molecule has 0 radical (unpaired) electrons. The second-order valence-corrected chi connectivity index (χ2v) is 6.20. The molecule has 2 rings (SSSR count). The predicted molar refractivity (Wildman–Crippen MR) is 96.0 cm³/mol. The van der Waals surface area contributed by atoms with Crippen LogP contribution >= 0.6 is 39.1 Å². The monoisotopic (exact) mass is 431 g/mol. The molecule has 1 heterocycles. The topological polar surface area (TPSA) is 55.8 Å². The molecule has 5 nitrogen and oxygen atoms in total. The highest BCUT2D eigenvalue weighted by molar-refractivity contribution is 9.10. The number of allylic oxidation sites excluding steroid dienone is 2. The van der Waals surface area contributed by atoms with Crippen molar-refractivity contribution in [2.24, 2.45) is 0 Å². The van der Waals surface area contributed by atoms with Crippen LogP contribution in [0.2, 0.25) is 10.0 Å². The fourth-order valence-electron chi connectivity index (χ4n) is 2.05. The number of carbonyl (C=O) groups excluding carboxylic acids is 2. The average molecular weight is 433 g/mol. The minimum atomic E-state index is -0.721. The first-order valence-electron chi connectivity index (χ1n) is 6.60. The van der Waals surface area contributed by atoms with E-state index in [1.165, 1.54) is 25.2 Å². The summed E-state index contributed by atoms with van der Waals surface area (Å²) in [6.45, 7) is 0. The molecule has 0 unspecified atom stereocenters. The minimum absolute atomic E-state index is 0.0319. The van der Waals surface area contributed by atoms with Crippen molar-refractivity contribution in [2.45, 2.75) is 0 Å². The smallest absolute Gasteiger partial charge is 0.355 e. The number of halogens is 3. The summed E-state index contributed by atoms with van der Waals surface area (Å²) in [7, 11) is 2.45. The molecule has 0 bridgehead atoms. The maximum absolute atomic E-state index is 12.3. The van der Waals surface area contributed by atoms with Crippen LogP contribution < -0.4 is 4.90 Å². The normalized spacial score (nSPS) is 13.8. The number of hydrogen-bond acceptors (Lipinski definition) is 5. The Hall–Kier alpha value is -1.76. The van der Waals surface area contributed by atoms with Gasteiger partial charge in [-0.25, -0.2) is 9.59 Å². The van der Waals surface area contributed by atoms with Gasteiger partial charge in [0.1, 0.15) is 5.70 Å². The van der Waals surface area contributed by atoms with Crippen LogP contribution in [0.4, 0.5) is 5.69 Å². The highest BCUT2D eigenvalue weighted by Crippen LogP contribution is 2.37. The molecule has 0 N–H and O–H groups in total. The average Bonchev–Trinajstić information content (AvgIpc) is 2.79. The molecule has 0 fully saturated rings. The van der Waals surface area contributed by atoms with E-state index < -0.39 is 11.9 Å². The van der Waals surface area contributed by atoms with Gasteiger partial charge in [0.25, 0.3) is 0 Å². The van der Waals surface area contributed by atoms with Crippen molar-refractivity contribution in [3.63, 3.8) is 0 Å². The standard InChI is InChI=1S/C16H12BrCl2NO4/c1-23-15(21)9-5-3-4-6-20(14(9)16(22)24-2)13-8-11(18)10(17)7-12(13)19/h3-8H,1-2H3. The van der Waals surface area contributed by atoms with Gasteiger partial charge in [-0.1, -0.05) is 29.3 Å². The van der Waals surface area contributed by atoms with E-state index in [2.05, 4.69) is 15.9 Å². The fraction of sp³-hybridized carbons (Fsp3) is 0.125. The molecule has 1 aliphatic heterocycles. The van der Waals surface area contributed by atoms with Crippen LogP contribution in [-0.4, -0.2) is 26.2 Å². The first kappa shape index (κ1) is 18.6. The quantitative estimate of drug-likeness (QED) is 0.528. The first-order valence-corrected chi connectivity index (χ1v) is 8.15. The van der Waals surface area contributed by atoms with Crippen LogP contribution in [0.5, 0.6) is 0 Å². The fourth-order valence-corrected chi connectivity index (χ4v) is 2.94. The Morgan fingerprint density at radius 2 is 1.71 bits per heavy atom. The highest BCUT2D eigenvalue weighted by atomic mass is 79.9. The number of esters is 2. The third-order valence-corrected chi connectivity index (χ3v) is 4.64. The van der Waals surface area contributed by atoms with Crippen LogP contribution in [-0.2, 0) is 19.1 Å². The molecule has 1 aromatic carbocycles. The maximum Gasteiger partial charge on any atom is 0.355 e. The zero-order valence-electron chi connectivity index (χ0n) is 12.7. The number of anilines is 1. The first-order chi connectivity index (χ1) is 11.4. The molecular weight excluding hydrogens is 421 g/mol. The van der Waals surface area contributed by atoms with Crippen LogP contribution in [0.15, 0.2) is 52.3 Å². The van der Waals surface area contributed by atoms with Crippen molar-refractivity contribution < 1.29 is 19.1 Å². The van der Waals surface area contributed by atoms with E-state index >= 15 is 0 Å². The number of carbonyl (C=O) groups is 2. The van der Waals surface area contributed by atoms with E-state index in [0.717, 1.165) is 0 Å². The van der Waals surface area contributed by atoms with Crippen molar-refractivity contribution in [1.29, 1.82) is 0 Å². The summed E-state index contributed by atoms with van der Waals surface area (Å²) in [6, 6.07) is 3.17. The summed E-state index contributed by atoms with van der Waals surface area (Å²) in [5, 5.41) is 0.715. The van der Waals surface area contributed by atoms with Gasteiger partial charge in [-0.2, -0.15) is 0 Å². The Balaban J connectivity index is 2.72. The molecule has 0 aliphatic carbocycles.